The molecule has 0 bridgehead atoms. The molecule has 7 nitrogen and oxygen atoms in total. The maximum Gasteiger partial charge on any atom is 0.416 e. The van der Waals surface area contributed by atoms with Crippen molar-refractivity contribution in [1.82, 2.24) is 15.5 Å². The Morgan fingerprint density at radius 3 is 2.34 bits per heavy atom. The van der Waals surface area contributed by atoms with Gasteiger partial charge in [0.15, 0.2) is 11.8 Å². The van der Waals surface area contributed by atoms with E-state index in [2.05, 4.69) is 25.8 Å². The van der Waals surface area contributed by atoms with E-state index in [1.54, 1.807) is 6.92 Å². The number of rotatable bonds is 7. The van der Waals surface area contributed by atoms with E-state index >= 15 is 0 Å². The number of aliphatic imine (C=N–C) groups is 1. The van der Waals surface area contributed by atoms with Crippen molar-refractivity contribution in [3.05, 3.63) is 71.4 Å². The molecule has 0 saturated carbocycles. The van der Waals surface area contributed by atoms with Crippen LogP contribution in [0.15, 0.2) is 58.0 Å². The fraction of sp³-hybridized carbons (Fsp3) is 0.318. The zero-order valence-corrected chi connectivity index (χ0v) is 17.9. The number of ether oxygens (including phenoxy) is 1. The number of benzene rings is 2. The predicted molar refractivity (Wildman–Crippen MR) is 114 cm³/mol. The zero-order valence-electron chi connectivity index (χ0n) is 17.9. The van der Waals surface area contributed by atoms with Crippen LogP contribution in [0.3, 0.4) is 0 Å². The summed E-state index contributed by atoms with van der Waals surface area (Å²) in [6, 6.07) is 12.2. The molecule has 0 aliphatic carbocycles. The molecule has 0 radical (unpaired) electrons. The van der Waals surface area contributed by atoms with E-state index in [1.165, 1.54) is 12.1 Å². The maximum atomic E-state index is 12.8. The van der Waals surface area contributed by atoms with Gasteiger partial charge in [-0.3, -0.25) is 0 Å². The molecule has 0 amide bonds. The number of hydrogen-bond acceptors (Lipinski definition) is 5. The Kier molecular flexibility index (Phi) is 7.34. The van der Waals surface area contributed by atoms with Crippen LogP contribution in [-0.2, 0) is 19.3 Å². The Hall–Kier alpha value is -3.56. The van der Waals surface area contributed by atoms with Crippen LogP contribution in [-0.4, -0.2) is 22.2 Å². The first-order valence-electron chi connectivity index (χ1n) is 9.96. The van der Waals surface area contributed by atoms with Crippen molar-refractivity contribution in [1.29, 1.82) is 0 Å². The van der Waals surface area contributed by atoms with Crippen molar-refractivity contribution < 1.29 is 22.4 Å². The van der Waals surface area contributed by atoms with Crippen LogP contribution in [0.2, 0.25) is 0 Å². The minimum absolute atomic E-state index is 0.0641. The largest absolute Gasteiger partial charge is 0.491 e. The monoisotopic (exact) mass is 447 g/mol. The molecule has 2 aromatic carbocycles. The van der Waals surface area contributed by atoms with Gasteiger partial charge >= 0.3 is 6.18 Å². The third-order valence-corrected chi connectivity index (χ3v) is 4.17. The quantitative estimate of drug-likeness (QED) is 0.394. The molecule has 3 aromatic rings. The molecule has 170 valence electrons. The lowest BCUT2D eigenvalue weighted by Crippen LogP contribution is -2.30. The van der Waals surface area contributed by atoms with Crippen LogP contribution in [0.1, 0.15) is 36.7 Å². The lowest BCUT2D eigenvalue weighted by atomic mass is 10.1. The summed E-state index contributed by atoms with van der Waals surface area (Å²) in [6.07, 6.45) is -4.31. The predicted octanol–water partition coefficient (Wildman–Crippen LogP) is 4.94. The molecule has 0 saturated heterocycles. The van der Waals surface area contributed by atoms with Gasteiger partial charge in [0.05, 0.1) is 24.8 Å². The molecular formula is C22H24F3N5O2. The lowest BCUT2D eigenvalue weighted by molar-refractivity contribution is -0.137. The zero-order chi connectivity index (χ0) is 23.1. The van der Waals surface area contributed by atoms with Crippen LogP contribution in [0.5, 0.6) is 5.75 Å². The summed E-state index contributed by atoms with van der Waals surface area (Å²) in [7, 11) is 0. The number of nitrogens with zero attached hydrogens (tertiary/aromatic N) is 3. The number of halogens is 3. The lowest BCUT2D eigenvalue weighted by Gasteiger charge is -2.13. The van der Waals surface area contributed by atoms with Gasteiger partial charge in [-0.15, -0.1) is 0 Å². The van der Waals surface area contributed by atoms with Gasteiger partial charge < -0.3 is 19.9 Å². The molecule has 0 unspecified atom stereocenters. The number of guanidine groups is 1. The summed E-state index contributed by atoms with van der Waals surface area (Å²) in [5.41, 5.74) is 0.687. The van der Waals surface area contributed by atoms with Crippen molar-refractivity contribution in [2.75, 3.05) is 5.32 Å². The second-order valence-electron chi connectivity index (χ2n) is 7.26. The summed E-state index contributed by atoms with van der Waals surface area (Å²) < 4.78 is 49.0. The SMILES string of the molecule is Cc1noc(CNC(=NCc2ccc(C(F)(F)F)cc2)Nc2ccc(OC(C)C)cc2)n1. The van der Waals surface area contributed by atoms with Crippen LogP contribution in [0, 0.1) is 6.92 Å². The smallest absolute Gasteiger partial charge is 0.416 e. The normalized spacial score (nSPS) is 12.2. The molecule has 32 heavy (non-hydrogen) atoms. The molecule has 1 aromatic heterocycles. The number of aryl methyl sites for hydroxylation is 1. The van der Waals surface area contributed by atoms with Gasteiger partial charge in [-0.1, -0.05) is 17.3 Å². The average Bonchev–Trinajstić information content (AvgIpc) is 3.16. The molecule has 0 spiro atoms. The molecule has 10 heteroatoms. The number of anilines is 1. The van der Waals surface area contributed by atoms with Crippen LogP contribution in [0.25, 0.3) is 0 Å². The van der Waals surface area contributed by atoms with E-state index in [0.717, 1.165) is 23.6 Å². The highest BCUT2D eigenvalue weighted by Crippen LogP contribution is 2.29. The molecule has 0 fully saturated rings. The third kappa shape index (κ3) is 7.00. The van der Waals surface area contributed by atoms with Crippen molar-refractivity contribution in [3.8, 4) is 5.75 Å². The van der Waals surface area contributed by atoms with E-state index in [-0.39, 0.29) is 19.2 Å². The highest BCUT2D eigenvalue weighted by Gasteiger charge is 2.29. The molecular weight excluding hydrogens is 423 g/mol. The Balaban J connectivity index is 1.72. The second kappa shape index (κ2) is 10.2. The second-order valence-corrected chi connectivity index (χ2v) is 7.26. The van der Waals surface area contributed by atoms with Gasteiger partial charge in [-0.25, -0.2) is 4.99 Å². The minimum Gasteiger partial charge on any atom is -0.491 e. The number of nitrogens with one attached hydrogen (secondary N) is 2. The summed E-state index contributed by atoms with van der Waals surface area (Å²) in [4.78, 5) is 8.60. The Morgan fingerprint density at radius 1 is 1.09 bits per heavy atom. The van der Waals surface area contributed by atoms with Crippen molar-refractivity contribution in [2.45, 2.75) is 46.1 Å². The van der Waals surface area contributed by atoms with Crippen molar-refractivity contribution >= 4 is 11.6 Å². The van der Waals surface area contributed by atoms with Gasteiger partial charge in [-0.2, -0.15) is 18.2 Å². The molecule has 0 aliphatic rings. The fourth-order valence-electron chi connectivity index (χ4n) is 2.71. The first-order valence-corrected chi connectivity index (χ1v) is 9.96. The standard InChI is InChI=1S/C22H24F3N5O2/c1-14(2)31-19-10-8-18(9-11-19)29-21(27-13-20-28-15(3)30-32-20)26-12-16-4-6-17(7-5-16)22(23,24)25/h4-11,14H,12-13H2,1-3H3,(H2,26,27,29). The highest BCUT2D eigenvalue weighted by molar-refractivity contribution is 5.93. The fourth-order valence-corrected chi connectivity index (χ4v) is 2.71. The summed E-state index contributed by atoms with van der Waals surface area (Å²) in [5.74, 6) is 2.03. The molecule has 1 heterocycles. The molecule has 3 rings (SSSR count). The number of hydrogen-bond donors (Lipinski definition) is 2. The van der Waals surface area contributed by atoms with Gasteiger partial charge in [0, 0.05) is 5.69 Å². The molecule has 0 aliphatic heterocycles. The van der Waals surface area contributed by atoms with E-state index in [1.807, 2.05) is 38.1 Å². The maximum absolute atomic E-state index is 12.8. The van der Waals surface area contributed by atoms with Crippen LogP contribution < -0.4 is 15.4 Å². The number of aromatic nitrogens is 2. The van der Waals surface area contributed by atoms with E-state index < -0.39 is 11.7 Å². The summed E-state index contributed by atoms with van der Waals surface area (Å²) in [6.45, 7) is 6.01. The summed E-state index contributed by atoms with van der Waals surface area (Å²) >= 11 is 0. The van der Waals surface area contributed by atoms with Gasteiger partial charge in [0.2, 0.25) is 5.89 Å². The number of alkyl halides is 3. The van der Waals surface area contributed by atoms with Gasteiger partial charge in [-0.05, 0) is 62.7 Å². The molecule has 0 atom stereocenters. The van der Waals surface area contributed by atoms with Crippen molar-refractivity contribution in [3.63, 3.8) is 0 Å². The Morgan fingerprint density at radius 2 is 1.78 bits per heavy atom. The van der Waals surface area contributed by atoms with Gasteiger partial charge in [0.1, 0.15) is 5.75 Å². The Bertz CT molecular complexity index is 1030. The van der Waals surface area contributed by atoms with Crippen LogP contribution >= 0.6 is 0 Å². The van der Waals surface area contributed by atoms with E-state index in [9.17, 15) is 13.2 Å². The van der Waals surface area contributed by atoms with Crippen molar-refractivity contribution in [2.24, 2.45) is 4.99 Å². The minimum atomic E-state index is -4.37. The third-order valence-electron chi connectivity index (χ3n) is 4.17. The first-order chi connectivity index (χ1) is 15.2. The Labute approximate surface area is 183 Å². The van der Waals surface area contributed by atoms with Crippen LogP contribution in [0.4, 0.5) is 18.9 Å². The summed E-state index contributed by atoms with van der Waals surface area (Å²) in [5, 5.41) is 9.98. The van der Waals surface area contributed by atoms with E-state index in [0.29, 0.717) is 23.2 Å². The van der Waals surface area contributed by atoms with Gasteiger partial charge in [0.25, 0.3) is 0 Å². The first kappa shape index (κ1) is 23.1. The van der Waals surface area contributed by atoms with E-state index in [4.69, 9.17) is 9.26 Å². The molecule has 2 N–H and O–H groups in total. The average molecular weight is 447 g/mol. The topological polar surface area (TPSA) is 84.6 Å². The highest BCUT2D eigenvalue weighted by atomic mass is 19.4.